The molecule has 0 bridgehead atoms. The summed E-state index contributed by atoms with van der Waals surface area (Å²) in [5, 5.41) is 0. The number of rotatable bonds is 6. The third-order valence-electron chi connectivity index (χ3n) is 2.52. The molecule has 0 amide bonds. The Kier molecular flexibility index (Phi) is 6.67. The first kappa shape index (κ1) is 17.2. The third-order valence-corrected chi connectivity index (χ3v) is 2.52. The van der Waals surface area contributed by atoms with Gasteiger partial charge in [0.05, 0.1) is 12.0 Å². The molecule has 3 nitrogen and oxygen atoms in total. The Bertz CT molecular complexity index is 265. The van der Waals surface area contributed by atoms with E-state index in [-0.39, 0.29) is 12.3 Å². The Morgan fingerprint density at radius 1 is 1.17 bits per heavy atom. The van der Waals surface area contributed by atoms with Crippen LogP contribution in [0, 0.1) is 11.8 Å². The molecule has 2 N–H and O–H groups in total. The van der Waals surface area contributed by atoms with Crippen molar-refractivity contribution < 1.29 is 22.7 Å². The molecule has 0 fully saturated rings. The maximum atomic E-state index is 12.6. The molecular formula is C12H22F3NO2. The van der Waals surface area contributed by atoms with Crippen molar-refractivity contribution >= 4 is 5.97 Å². The normalized spacial score (nSPS) is 15.9. The third kappa shape index (κ3) is 6.23. The molecule has 0 unspecified atom stereocenters. The fraction of sp³-hybridized carbons (Fsp3) is 0.917. The van der Waals surface area contributed by atoms with E-state index < -0.39 is 30.2 Å². The highest BCUT2D eigenvalue weighted by Gasteiger charge is 2.45. The number of hydrogen-bond donors (Lipinski definition) is 1. The van der Waals surface area contributed by atoms with Gasteiger partial charge in [-0.3, -0.25) is 4.79 Å². The van der Waals surface area contributed by atoms with Crippen LogP contribution in [0.1, 0.15) is 40.5 Å². The summed E-state index contributed by atoms with van der Waals surface area (Å²) in [6.45, 7) is 6.95. The second kappa shape index (κ2) is 6.97. The van der Waals surface area contributed by atoms with Crippen molar-refractivity contribution in [3.8, 4) is 0 Å². The Labute approximate surface area is 106 Å². The summed E-state index contributed by atoms with van der Waals surface area (Å²) >= 11 is 0. The summed E-state index contributed by atoms with van der Waals surface area (Å²) in [4.78, 5) is 11.7. The highest BCUT2D eigenvalue weighted by Crippen LogP contribution is 2.28. The largest absolute Gasteiger partial charge is 0.463 e. The van der Waals surface area contributed by atoms with Gasteiger partial charge in [0.1, 0.15) is 6.04 Å². The van der Waals surface area contributed by atoms with Crippen molar-refractivity contribution in [2.75, 3.05) is 0 Å². The highest BCUT2D eigenvalue weighted by molar-refractivity contribution is 5.73. The van der Waals surface area contributed by atoms with Crippen LogP contribution in [0.5, 0.6) is 0 Å². The minimum Gasteiger partial charge on any atom is -0.463 e. The molecule has 2 atom stereocenters. The minimum atomic E-state index is -4.59. The van der Waals surface area contributed by atoms with E-state index in [4.69, 9.17) is 10.5 Å². The quantitative estimate of drug-likeness (QED) is 0.754. The van der Waals surface area contributed by atoms with E-state index in [1.807, 2.05) is 13.8 Å². The van der Waals surface area contributed by atoms with Crippen LogP contribution < -0.4 is 5.73 Å². The first-order valence-corrected chi connectivity index (χ1v) is 6.08. The molecule has 18 heavy (non-hydrogen) atoms. The number of alkyl halides is 3. The molecular weight excluding hydrogens is 247 g/mol. The standard InChI is InChI=1S/C12H22F3NO2/c1-7(2)5-6-9(10(16)12(13,14)15)11(17)18-8(3)4/h7-10H,5-6,16H2,1-4H3/t9-,10-/m0/s1. The molecule has 0 aromatic carbocycles. The molecule has 0 aromatic heterocycles. The van der Waals surface area contributed by atoms with Gasteiger partial charge in [-0.05, 0) is 26.2 Å². The summed E-state index contributed by atoms with van der Waals surface area (Å²) < 4.78 is 42.6. The number of esters is 1. The lowest BCUT2D eigenvalue weighted by Crippen LogP contribution is -2.47. The van der Waals surface area contributed by atoms with E-state index >= 15 is 0 Å². The van der Waals surface area contributed by atoms with Crippen LogP contribution in [0.2, 0.25) is 0 Å². The number of carbonyl (C=O) groups is 1. The molecule has 0 rings (SSSR count). The SMILES string of the molecule is CC(C)CC[C@H](C(=O)OC(C)C)[C@H](N)C(F)(F)F. The first-order valence-electron chi connectivity index (χ1n) is 6.08. The van der Waals surface area contributed by atoms with E-state index in [1.165, 1.54) is 0 Å². The second-order valence-electron chi connectivity index (χ2n) is 5.13. The van der Waals surface area contributed by atoms with Gasteiger partial charge in [0.2, 0.25) is 0 Å². The number of halogens is 3. The van der Waals surface area contributed by atoms with Crippen LogP contribution in [0.4, 0.5) is 13.2 Å². The average molecular weight is 269 g/mol. The monoisotopic (exact) mass is 269 g/mol. The van der Waals surface area contributed by atoms with E-state index in [0.29, 0.717) is 6.42 Å². The Balaban J connectivity index is 4.76. The summed E-state index contributed by atoms with van der Waals surface area (Å²) in [5.41, 5.74) is 5.13. The number of ether oxygens (including phenoxy) is 1. The van der Waals surface area contributed by atoms with Crippen molar-refractivity contribution in [1.82, 2.24) is 0 Å². The predicted octanol–water partition coefficient (Wildman–Crippen LogP) is 2.88. The number of nitrogens with two attached hydrogens (primary N) is 1. The van der Waals surface area contributed by atoms with Gasteiger partial charge < -0.3 is 10.5 Å². The molecule has 0 heterocycles. The number of hydrogen-bond acceptors (Lipinski definition) is 3. The van der Waals surface area contributed by atoms with E-state index in [9.17, 15) is 18.0 Å². The maximum Gasteiger partial charge on any atom is 0.404 e. The van der Waals surface area contributed by atoms with Gasteiger partial charge in [0.25, 0.3) is 0 Å². The smallest absolute Gasteiger partial charge is 0.404 e. The minimum absolute atomic E-state index is 0.0872. The Morgan fingerprint density at radius 2 is 1.67 bits per heavy atom. The summed E-state index contributed by atoms with van der Waals surface area (Å²) in [7, 11) is 0. The fourth-order valence-electron chi connectivity index (χ4n) is 1.50. The summed E-state index contributed by atoms with van der Waals surface area (Å²) in [6, 6.07) is -2.16. The lowest BCUT2D eigenvalue weighted by Gasteiger charge is -2.25. The lowest BCUT2D eigenvalue weighted by molar-refractivity contribution is -0.179. The zero-order valence-corrected chi connectivity index (χ0v) is 11.3. The van der Waals surface area contributed by atoms with E-state index in [2.05, 4.69) is 0 Å². The van der Waals surface area contributed by atoms with Crippen LogP contribution in [0.15, 0.2) is 0 Å². The Morgan fingerprint density at radius 3 is 2.00 bits per heavy atom. The zero-order valence-electron chi connectivity index (χ0n) is 11.3. The van der Waals surface area contributed by atoms with Gasteiger partial charge in [-0.2, -0.15) is 13.2 Å². The van der Waals surface area contributed by atoms with Crippen LogP contribution in [0.25, 0.3) is 0 Å². The molecule has 6 heteroatoms. The lowest BCUT2D eigenvalue weighted by atomic mass is 9.91. The predicted molar refractivity (Wildman–Crippen MR) is 62.8 cm³/mol. The molecule has 0 aliphatic carbocycles. The Hall–Kier alpha value is -0.780. The van der Waals surface area contributed by atoms with Gasteiger partial charge in [-0.1, -0.05) is 20.3 Å². The highest BCUT2D eigenvalue weighted by atomic mass is 19.4. The van der Waals surface area contributed by atoms with E-state index in [1.54, 1.807) is 13.8 Å². The molecule has 0 aromatic rings. The average Bonchev–Trinajstić information content (AvgIpc) is 2.14. The fourth-order valence-corrected chi connectivity index (χ4v) is 1.50. The molecule has 0 saturated carbocycles. The summed E-state index contributed by atoms with van der Waals surface area (Å²) in [6.07, 6.45) is -4.44. The van der Waals surface area contributed by atoms with Crippen LogP contribution >= 0.6 is 0 Å². The van der Waals surface area contributed by atoms with Gasteiger partial charge in [0.15, 0.2) is 0 Å². The van der Waals surface area contributed by atoms with Crippen molar-refractivity contribution in [1.29, 1.82) is 0 Å². The second-order valence-corrected chi connectivity index (χ2v) is 5.13. The van der Waals surface area contributed by atoms with Gasteiger partial charge >= 0.3 is 12.1 Å². The van der Waals surface area contributed by atoms with Gasteiger partial charge in [-0.25, -0.2) is 0 Å². The zero-order chi connectivity index (χ0) is 14.5. The van der Waals surface area contributed by atoms with Crippen molar-refractivity contribution in [3.05, 3.63) is 0 Å². The van der Waals surface area contributed by atoms with Gasteiger partial charge in [0, 0.05) is 0 Å². The van der Waals surface area contributed by atoms with Crippen molar-refractivity contribution in [3.63, 3.8) is 0 Å². The molecule has 0 saturated heterocycles. The van der Waals surface area contributed by atoms with Crippen LogP contribution in [-0.4, -0.2) is 24.3 Å². The molecule has 0 spiro atoms. The van der Waals surface area contributed by atoms with Crippen molar-refractivity contribution in [2.24, 2.45) is 17.6 Å². The molecule has 0 aliphatic heterocycles. The van der Waals surface area contributed by atoms with E-state index in [0.717, 1.165) is 0 Å². The van der Waals surface area contributed by atoms with Crippen LogP contribution in [-0.2, 0) is 9.53 Å². The summed E-state index contributed by atoms with van der Waals surface area (Å²) in [5.74, 6) is -1.98. The first-order chi connectivity index (χ1) is 8.05. The number of carbonyl (C=O) groups excluding carboxylic acids is 1. The molecule has 108 valence electrons. The van der Waals surface area contributed by atoms with Crippen LogP contribution in [0.3, 0.4) is 0 Å². The maximum absolute atomic E-state index is 12.6. The van der Waals surface area contributed by atoms with Crippen molar-refractivity contribution in [2.45, 2.75) is 58.9 Å². The topological polar surface area (TPSA) is 52.3 Å². The molecule has 0 radical (unpaired) electrons. The van der Waals surface area contributed by atoms with Gasteiger partial charge in [-0.15, -0.1) is 0 Å². The molecule has 0 aliphatic rings.